The number of hydrogen-bond acceptors (Lipinski definition) is 7. The third kappa shape index (κ3) is 4.30. The Hall–Kier alpha value is -3.73. The summed E-state index contributed by atoms with van der Waals surface area (Å²) in [5.41, 5.74) is 1.23. The zero-order chi connectivity index (χ0) is 21.3. The number of sulfonamides is 1. The highest BCUT2D eigenvalue weighted by Crippen LogP contribution is 2.20. The van der Waals surface area contributed by atoms with Crippen molar-refractivity contribution in [1.82, 2.24) is 14.7 Å². The Morgan fingerprint density at radius 1 is 1.17 bits per heavy atom. The van der Waals surface area contributed by atoms with Crippen LogP contribution in [-0.4, -0.2) is 53.1 Å². The first-order chi connectivity index (χ1) is 14.3. The Balaban J connectivity index is 1.39. The van der Waals surface area contributed by atoms with E-state index in [1.807, 2.05) is 0 Å². The second-order valence-corrected chi connectivity index (χ2v) is 8.37. The molecule has 154 valence electrons. The summed E-state index contributed by atoms with van der Waals surface area (Å²) in [6.45, 7) is 0.216. The van der Waals surface area contributed by atoms with Gasteiger partial charge >= 0.3 is 5.97 Å². The largest absolute Gasteiger partial charge is 0.423 e. The molecule has 0 atom stereocenters. The number of amides is 1. The van der Waals surface area contributed by atoms with Crippen molar-refractivity contribution in [2.45, 2.75) is 0 Å². The quantitative estimate of drug-likeness (QED) is 0.572. The molecule has 0 spiro atoms. The van der Waals surface area contributed by atoms with Gasteiger partial charge in [-0.15, -0.1) is 4.40 Å². The number of nitrogens with zero attached hydrogens (tertiary/aromatic N) is 4. The van der Waals surface area contributed by atoms with E-state index in [4.69, 9.17) is 4.74 Å². The molecule has 2 aliphatic rings. The van der Waals surface area contributed by atoms with Crippen molar-refractivity contribution in [3.05, 3.63) is 66.1 Å². The van der Waals surface area contributed by atoms with Gasteiger partial charge in [-0.2, -0.15) is 5.10 Å². The van der Waals surface area contributed by atoms with E-state index < -0.39 is 16.0 Å². The molecule has 0 radical (unpaired) electrons. The number of nitrogens with one attached hydrogen (secondary N) is 1. The van der Waals surface area contributed by atoms with Crippen molar-refractivity contribution in [3.63, 3.8) is 0 Å². The van der Waals surface area contributed by atoms with Gasteiger partial charge in [0.1, 0.15) is 11.6 Å². The molecule has 1 aromatic heterocycles. The van der Waals surface area contributed by atoms with Crippen LogP contribution >= 0.6 is 0 Å². The number of hydrogen-bond donors (Lipinski definition) is 1. The molecule has 0 saturated heterocycles. The zero-order valence-electron chi connectivity index (χ0n) is 15.8. The molecular formula is C19H17N5O5S. The molecule has 2 aliphatic heterocycles. The van der Waals surface area contributed by atoms with E-state index in [1.54, 1.807) is 42.4 Å². The average Bonchev–Trinajstić information content (AvgIpc) is 3.15. The van der Waals surface area contributed by atoms with Crippen LogP contribution in [0.2, 0.25) is 0 Å². The number of benzene rings is 1. The van der Waals surface area contributed by atoms with E-state index in [9.17, 15) is 18.0 Å². The van der Waals surface area contributed by atoms with Gasteiger partial charge in [-0.3, -0.25) is 9.48 Å². The van der Waals surface area contributed by atoms with Crippen LogP contribution in [-0.2, 0) is 21.9 Å². The van der Waals surface area contributed by atoms with Crippen molar-refractivity contribution in [2.24, 2.45) is 11.4 Å². The zero-order valence-corrected chi connectivity index (χ0v) is 16.7. The highest BCUT2D eigenvalue weighted by Gasteiger charge is 2.25. The summed E-state index contributed by atoms with van der Waals surface area (Å²) in [7, 11) is -1.73. The smallest absolute Gasteiger partial charge is 0.345 e. The second kappa shape index (κ2) is 7.59. The van der Waals surface area contributed by atoms with Gasteiger partial charge in [0, 0.05) is 31.7 Å². The molecule has 10 nitrogen and oxygen atoms in total. The van der Waals surface area contributed by atoms with Crippen LogP contribution in [0.25, 0.3) is 0 Å². The molecule has 11 heteroatoms. The van der Waals surface area contributed by atoms with Crippen molar-refractivity contribution in [1.29, 1.82) is 0 Å². The number of fused-ring (bicyclic) bond motifs is 1. The maximum atomic E-state index is 12.4. The van der Waals surface area contributed by atoms with Gasteiger partial charge < -0.3 is 15.0 Å². The lowest BCUT2D eigenvalue weighted by molar-refractivity contribution is -0.129. The highest BCUT2D eigenvalue weighted by molar-refractivity contribution is 7.90. The first-order valence-electron chi connectivity index (χ1n) is 8.90. The van der Waals surface area contributed by atoms with E-state index in [-0.39, 0.29) is 29.6 Å². The minimum absolute atomic E-state index is 0.116. The molecule has 0 bridgehead atoms. The average molecular weight is 427 g/mol. The number of amidine groups is 1. The van der Waals surface area contributed by atoms with Crippen molar-refractivity contribution in [3.8, 4) is 5.75 Å². The maximum absolute atomic E-state index is 12.4. The standard InChI is InChI=1S/C19H17N5O5S/c1-23-11-14(10-20-23)18(25)21-15-3-5-16(6-4-15)29-19(26)13-2-7-17-22-30(27,28)9-8-24(17)12-13/h2-7,10-12H,8-9H2,1H3,(H,21,25). The SMILES string of the molecule is Cn1cc(C(=O)Nc2ccc(OC(=O)C3=CN4CCS(=O)(=O)N=C4C=C3)cc2)cn1. The monoisotopic (exact) mass is 427 g/mol. The van der Waals surface area contributed by atoms with Gasteiger partial charge in [0.2, 0.25) is 0 Å². The van der Waals surface area contributed by atoms with Crippen LogP contribution in [0.1, 0.15) is 10.4 Å². The van der Waals surface area contributed by atoms with Gasteiger partial charge in [-0.1, -0.05) is 0 Å². The topological polar surface area (TPSA) is 123 Å². The summed E-state index contributed by atoms with van der Waals surface area (Å²) < 4.78 is 33.6. The number of aromatic nitrogens is 2. The molecule has 1 N–H and O–H groups in total. The van der Waals surface area contributed by atoms with Crippen molar-refractivity contribution >= 4 is 33.4 Å². The van der Waals surface area contributed by atoms with Crippen LogP contribution < -0.4 is 10.1 Å². The Morgan fingerprint density at radius 3 is 2.63 bits per heavy atom. The number of esters is 1. The summed E-state index contributed by atoms with van der Waals surface area (Å²) in [6.07, 6.45) is 7.50. The Kier molecular flexibility index (Phi) is 4.96. The number of carbonyl (C=O) groups excluding carboxylic acids is 2. The maximum Gasteiger partial charge on any atom is 0.345 e. The first kappa shape index (κ1) is 19.6. The van der Waals surface area contributed by atoms with Crippen molar-refractivity contribution < 1.29 is 22.7 Å². The molecule has 0 saturated carbocycles. The molecule has 0 unspecified atom stereocenters. The second-order valence-electron chi connectivity index (χ2n) is 6.62. The number of rotatable bonds is 4. The molecule has 1 amide bonds. The van der Waals surface area contributed by atoms with Crippen molar-refractivity contribution in [2.75, 3.05) is 17.6 Å². The molecule has 1 aromatic carbocycles. The van der Waals surface area contributed by atoms with E-state index in [2.05, 4.69) is 14.8 Å². The van der Waals surface area contributed by atoms with E-state index in [1.165, 1.54) is 29.2 Å². The minimum Gasteiger partial charge on any atom is -0.423 e. The van der Waals surface area contributed by atoms with Gasteiger partial charge in [0.15, 0.2) is 0 Å². The van der Waals surface area contributed by atoms with Crippen LogP contribution in [0.4, 0.5) is 5.69 Å². The number of anilines is 1. The lowest BCUT2D eigenvalue weighted by atomic mass is 10.2. The first-order valence-corrected chi connectivity index (χ1v) is 10.5. The molecule has 0 fully saturated rings. The van der Waals surface area contributed by atoms with Crippen LogP contribution in [0.5, 0.6) is 5.75 Å². The molecule has 4 rings (SSSR count). The molecular weight excluding hydrogens is 410 g/mol. The van der Waals surface area contributed by atoms with Gasteiger partial charge in [-0.05, 0) is 36.4 Å². The van der Waals surface area contributed by atoms with Crippen LogP contribution in [0.15, 0.2) is 65.0 Å². The third-order valence-electron chi connectivity index (χ3n) is 4.35. The fourth-order valence-electron chi connectivity index (χ4n) is 2.84. The number of carbonyl (C=O) groups is 2. The molecule has 30 heavy (non-hydrogen) atoms. The van der Waals surface area contributed by atoms with E-state index >= 15 is 0 Å². The number of aryl methyl sites for hydroxylation is 1. The van der Waals surface area contributed by atoms with Crippen LogP contribution in [0, 0.1) is 0 Å². The number of ether oxygens (including phenoxy) is 1. The minimum atomic E-state index is -3.45. The molecule has 2 aromatic rings. The third-order valence-corrected chi connectivity index (χ3v) is 5.51. The van der Waals surface area contributed by atoms with E-state index in [0.717, 1.165) is 0 Å². The van der Waals surface area contributed by atoms with Crippen LogP contribution in [0.3, 0.4) is 0 Å². The lowest BCUT2D eigenvalue weighted by Crippen LogP contribution is -2.37. The molecule has 0 aliphatic carbocycles. The lowest BCUT2D eigenvalue weighted by Gasteiger charge is -2.26. The molecule has 3 heterocycles. The summed E-state index contributed by atoms with van der Waals surface area (Å²) in [5.74, 6) is -0.437. The summed E-state index contributed by atoms with van der Waals surface area (Å²) in [5, 5.41) is 6.68. The Morgan fingerprint density at radius 2 is 1.93 bits per heavy atom. The summed E-state index contributed by atoms with van der Waals surface area (Å²) in [4.78, 5) is 26.1. The predicted octanol–water partition coefficient (Wildman–Crippen LogP) is 1.08. The highest BCUT2D eigenvalue weighted by atomic mass is 32.2. The van der Waals surface area contributed by atoms with Gasteiger partial charge in [0.05, 0.1) is 23.1 Å². The van der Waals surface area contributed by atoms with Gasteiger partial charge in [-0.25, -0.2) is 13.2 Å². The van der Waals surface area contributed by atoms with E-state index in [0.29, 0.717) is 17.0 Å². The fourth-order valence-corrected chi connectivity index (χ4v) is 3.81. The predicted molar refractivity (Wildman–Crippen MR) is 108 cm³/mol. The fraction of sp³-hybridized carbons (Fsp3) is 0.158. The van der Waals surface area contributed by atoms with Gasteiger partial charge in [0.25, 0.3) is 15.9 Å². The summed E-state index contributed by atoms with van der Waals surface area (Å²) >= 11 is 0. The normalized spacial score (nSPS) is 16.9. The Labute approximate surface area is 172 Å². The Bertz CT molecular complexity index is 1210. The summed E-state index contributed by atoms with van der Waals surface area (Å²) in [6, 6.07) is 6.35.